The zero-order valence-corrected chi connectivity index (χ0v) is 13.8. The van der Waals surface area contributed by atoms with Crippen molar-refractivity contribution in [2.75, 3.05) is 7.11 Å². The lowest BCUT2D eigenvalue weighted by molar-refractivity contribution is 0.414. The van der Waals surface area contributed by atoms with Crippen LogP contribution < -0.4 is 4.74 Å². The maximum atomic E-state index is 7.25. The fourth-order valence-electron chi connectivity index (χ4n) is 2.39. The number of hydrogen-bond acceptors (Lipinski definition) is 1. The van der Waals surface area contributed by atoms with E-state index < -0.39 is 9.24 Å². The predicted octanol–water partition coefficient (Wildman–Crippen LogP) is 6.13. The Morgan fingerprint density at radius 1 is 0.636 bits per heavy atom. The first-order chi connectivity index (χ1) is 10.7. The average molecular weight is 329 g/mol. The molecule has 0 N–H and O–H groups in total. The van der Waals surface area contributed by atoms with Gasteiger partial charge < -0.3 is 4.74 Å². The summed E-state index contributed by atoms with van der Waals surface area (Å²) in [5.41, 5.74) is 0. The van der Waals surface area contributed by atoms with Gasteiger partial charge in [-0.25, -0.2) is 0 Å². The molecular formula is C19H17ClOS. The molecule has 0 fully saturated rings. The molecule has 112 valence electrons. The number of rotatable bonds is 4. The van der Waals surface area contributed by atoms with Crippen LogP contribution in [0.5, 0.6) is 5.75 Å². The van der Waals surface area contributed by atoms with Crippen LogP contribution in [0, 0.1) is 0 Å². The second kappa shape index (κ2) is 6.47. The molecule has 3 heteroatoms. The molecule has 3 aromatic carbocycles. The third-order valence-electron chi connectivity index (χ3n) is 3.52. The van der Waals surface area contributed by atoms with Crippen LogP contribution in [0.25, 0.3) is 0 Å². The number of ether oxygens (including phenoxy) is 1. The van der Waals surface area contributed by atoms with E-state index in [9.17, 15) is 0 Å². The molecule has 0 bridgehead atoms. The van der Waals surface area contributed by atoms with Crippen molar-refractivity contribution in [1.82, 2.24) is 0 Å². The Morgan fingerprint density at radius 2 is 1.05 bits per heavy atom. The fraction of sp³-hybridized carbons (Fsp3) is 0.0526. The van der Waals surface area contributed by atoms with Crippen molar-refractivity contribution in [3.8, 4) is 5.75 Å². The molecule has 0 saturated carbocycles. The lowest BCUT2D eigenvalue weighted by Gasteiger charge is -2.34. The molecule has 0 unspecified atom stereocenters. The molecule has 3 rings (SSSR count). The van der Waals surface area contributed by atoms with Crippen LogP contribution in [0.2, 0.25) is 0 Å². The highest BCUT2D eigenvalue weighted by molar-refractivity contribution is 8.51. The van der Waals surface area contributed by atoms with Crippen LogP contribution in [-0.2, 0) is 0 Å². The lowest BCUT2D eigenvalue weighted by atomic mass is 10.3. The van der Waals surface area contributed by atoms with E-state index in [1.807, 2.05) is 48.5 Å². The van der Waals surface area contributed by atoms with Gasteiger partial charge in [-0.1, -0.05) is 56.3 Å². The van der Waals surface area contributed by atoms with Crippen LogP contribution in [0.15, 0.2) is 99.6 Å². The maximum absolute atomic E-state index is 7.25. The summed E-state index contributed by atoms with van der Waals surface area (Å²) < 4.78 is 5.26. The smallest absolute Gasteiger partial charge is 0.118 e. The van der Waals surface area contributed by atoms with Gasteiger partial charge in [-0.15, -0.1) is 0 Å². The van der Waals surface area contributed by atoms with Crippen LogP contribution in [-0.4, -0.2) is 7.11 Å². The normalized spacial score (nSPS) is 11.9. The van der Waals surface area contributed by atoms with Crippen LogP contribution >= 0.6 is 19.9 Å². The Kier molecular flexibility index (Phi) is 4.41. The molecule has 0 heterocycles. The van der Waals surface area contributed by atoms with Crippen molar-refractivity contribution in [3.05, 3.63) is 84.9 Å². The molecule has 0 aliphatic carbocycles. The summed E-state index contributed by atoms with van der Waals surface area (Å²) in [7, 11) is 7.14. The highest BCUT2D eigenvalue weighted by Crippen LogP contribution is 2.72. The summed E-state index contributed by atoms with van der Waals surface area (Å²) in [6.45, 7) is 0. The third-order valence-corrected chi connectivity index (χ3v) is 7.89. The van der Waals surface area contributed by atoms with E-state index in [-0.39, 0.29) is 0 Å². The molecule has 0 saturated heterocycles. The maximum Gasteiger partial charge on any atom is 0.118 e. The number of benzene rings is 3. The van der Waals surface area contributed by atoms with Crippen LogP contribution in [0.1, 0.15) is 0 Å². The average Bonchev–Trinajstić information content (AvgIpc) is 2.62. The largest absolute Gasteiger partial charge is 0.497 e. The predicted molar refractivity (Wildman–Crippen MR) is 94.1 cm³/mol. The van der Waals surface area contributed by atoms with Gasteiger partial charge >= 0.3 is 0 Å². The van der Waals surface area contributed by atoms with Crippen molar-refractivity contribution < 1.29 is 4.74 Å². The van der Waals surface area contributed by atoms with E-state index in [0.717, 1.165) is 20.4 Å². The Morgan fingerprint density at radius 3 is 1.45 bits per heavy atom. The zero-order chi connectivity index (χ0) is 15.4. The minimum Gasteiger partial charge on any atom is -0.497 e. The molecule has 0 aliphatic rings. The quantitative estimate of drug-likeness (QED) is 0.559. The van der Waals surface area contributed by atoms with Gasteiger partial charge in [0.05, 0.1) is 7.11 Å². The number of halogens is 1. The zero-order valence-electron chi connectivity index (χ0n) is 12.3. The van der Waals surface area contributed by atoms with Crippen molar-refractivity contribution in [2.24, 2.45) is 0 Å². The second-order valence-corrected chi connectivity index (χ2v) is 8.72. The number of methoxy groups -OCH3 is 1. The van der Waals surface area contributed by atoms with E-state index in [0.29, 0.717) is 0 Å². The van der Waals surface area contributed by atoms with Gasteiger partial charge in [-0.2, -0.15) is 0 Å². The fourth-order valence-corrected chi connectivity index (χ4v) is 5.71. The van der Waals surface area contributed by atoms with E-state index >= 15 is 0 Å². The minimum atomic E-state index is -1.78. The van der Waals surface area contributed by atoms with Gasteiger partial charge in [-0.05, 0) is 48.5 Å². The third kappa shape index (κ3) is 2.72. The Bertz CT molecular complexity index is 687. The van der Waals surface area contributed by atoms with Gasteiger partial charge in [0, 0.05) is 14.7 Å². The van der Waals surface area contributed by atoms with Gasteiger partial charge in [-0.3, -0.25) is 0 Å². The SMILES string of the molecule is COc1ccc(S(Cl)(c2ccccc2)c2ccccc2)cc1. The summed E-state index contributed by atoms with van der Waals surface area (Å²) in [5.74, 6) is 0.836. The van der Waals surface area contributed by atoms with Crippen LogP contribution in [0.4, 0.5) is 0 Å². The topological polar surface area (TPSA) is 9.23 Å². The molecule has 1 nitrogen and oxygen atoms in total. The Labute approximate surface area is 137 Å². The molecule has 0 atom stereocenters. The molecule has 22 heavy (non-hydrogen) atoms. The summed E-state index contributed by atoms with van der Waals surface area (Å²) in [5, 5.41) is 0. The van der Waals surface area contributed by atoms with Crippen molar-refractivity contribution in [3.63, 3.8) is 0 Å². The summed E-state index contributed by atoms with van der Waals surface area (Å²) in [6.07, 6.45) is 0. The minimum absolute atomic E-state index is 0.836. The summed E-state index contributed by atoms with van der Waals surface area (Å²) >= 11 is 0. The van der Waals surface area contributed by atoms with Crippen LogP contribution in [0.3, 0.4) is 0 Å². The monoisotopic (exact) mass is 328 g/mol. The Balaban J connectivity index is 2.18. The van der Waals surface area contributed by atoms with Crippen molar-refractivity contribution in [1.29, 1.82) is 0 Å². The van der Waals surface area contributed by atoms with Gasteiger partial charge in [0.1, 0.15) is 5.75 Å². The van der Waals surface area contributed by atoms with Crippen molar-refractivity contribution >= 4 is 19.9 Å². The van der Waals surface area contributed by atoms with E-state index in [4.69, 9.17) is 15.4 Å². The summed E-state index contributed by atoms with van der Waals surface area (Å²) in [6, 6.07) is 28.6. The first-order valence-electron chi connectivity index (χ1n) is 7.02. The molecule has 0 spiro atoms. The number of hydrogen-bond donors (Lipinski definition) is 0. The first-order valence-corrected chi connectivity index (χ1v) is 9.48. The highest BCUT2D eigenvalue weighted by Gasteiger charge is 2.28. The molecule has 0 radical (unpaired) electrons. The van der Waals surface area contributed by atoms with E-state index in [1.54, 1.807) is 7.11 Å². The highest BCUT2D eigenvalue weighted by atomic mass is 35.7. The summed E-state index contributed by atoms with van der Waals surface area (Å²) in [4.78, 5) is 3.37. The molecule has 0 amide bonds. The van der Waals surface area contributed by atoms with E-state index in [1.165, 1.54) is 0 Å². The first kappa shape index (κ1) is 15.0. The molecule has 0 aromatic heterocycles. The second-order valence-electron chi connectivity index (χ2n) is 4.84. The molecule has 3 aromatic rings. The van der Waals surface area contributed by atoms with Crippen molar-refractivity contribution in [2.45, 2.75) is 14.7 Å². The van der Waals surface area contributed by atoms with Gasteiger partial charge in [0.15, 0.2) is 0 Å². The standard InChI is InChI=1S/C19H17ClOS/c1-21-16-12-14-19(15-13-16)22(20,17-8-4-2-5-9-17)18-10-6-3-7-11-18/h2-15H,1H3. The Hall–Kier alpha value is -1.90. The van der Waals surface area contributed by atoms with E-state index in [2.05, 4.69) is 36.4 Å². The van der Waals surface area contributed by atoms with Gasteiger partial charge in [0.25, 0.3) is 0 Å². The molecular weight excluding hydrogens is 312 g/mol. The lowest BCUT2D eigenvalue weighted by Crippen LogP contribution is -1.96. The molecule has 0 aliphatic heterocycles. The van der Waals surface area contributed by atoms with Gasteiger partial charge in [0.2, 0.25) is 0 Å².